The van der Waals surface area contributed by atoms with Gasteiger partial charge >= 0.3 is 27.7 Å². The molecule has 2 aromatic rings. The van der Waals surface area contributed by atoms with E-state index in [2.05, 4.69) is 0 Å². The maximum atomic E-state index is 10.4. The van der Waals surface area contributed by atoms with Crippen molar-refractivity contribution in [3.8, 4) is 0 Å². The second-order valence-corrected chi connectivity index (χ2v) is 6.36. The first-order valence-corrected chi connectivity index (χ1v) is 8.76. The molecule has 0 aliphatic rings. The molecule has 0 radical (unpaired) electrons. The molecule has 0 heterocycles. The molecule has 0 fully saturated rings. The third-order valence-corrected chi connectivity index (χ3v) is 4.05. The van der Waals surface area contributed by atoms with Gasteiger partial charge in [0.2, 0.25) is 0 Å². The van der Waals surface area contributed by atoms with Crippen molar-refractivity contribution < 1.29 is 29.1 Å². The Morgan fingerprint density at radius 2 is 0.909 bits per heavy atom. The minimum atomic E-state index is -2.53. The molecule has 0 aliphatic carbocycles. The summed E-state index contributed by atoms with van der Waals surface area (Å²) < 4.78 is 20.8. The van der Waals surface area contributed by atoms with Gasteiger partial charge in [0.05, 0.1) is 0 Å². The molecule has 0 saturated heterocycles. The van der Waals surface area contributed by atoms with Crippen molar-refractivity contribution in [1.82, 2.24) is 0 Å². The molecule has 0 amide bonds. The molecule has 0 aliphatic heterocycles. The third kappa shape index (κ3) is 6.08. The van der Waals surface area contributed by atoms with Gasteiger partial charge in [-0.1, -0.05) is 60.7 Å². The fraction of sp³-hybridized carbons (Fsp3) is 0.143. The second kappa shape index (κ2) is 9.49. The van der Waals surface area contributed by atoms with Crippen LogP contribution in [0.25, 0.3) is 0 Å². The standard InChI is InChI=1S/2C7H7O3P/c2*8-7(11(9)10)6-4-2-1-3-5-6/h2*1-5,7-8H/p+2. The first-order chi connectivity index (χ1) is 10.4. The molecular weight excluding hydrogens is 326 g/mol. The summed E-state index contributed by atoms with van der Waals surface area (Å²) in [4.78, 5) is 17.1. The van der Waals surface area contributed by atoms with E-state index in [0.29, 0.717) is 11.1 Å². The van der Waals surface area contributed by atoms with E-state index in [1.165, 1.54) is 0 Å². The molecule has 8 heteroatoms. The number of aliphatic hydroxyl groups excluding tert-OH is 2. The average Bonchev–Trinajstić information content (AvgIpc) is 2.55. The van der Waals surface area contributed by atoms with Gasteiger partial charge in [-0.05, 0) is 9.13 Å². The van der Waals surface area contributed by atoms with Crippen LogP contribution in [0.1, 0.15) is 22.8 Å². The zero-order chi connectivity index (χ0) is 16.5. The molecule has 6 nitrogen and oxygen atoms in total. The van der Waals surface area contributed by atoms with Gasteiger partial charge < -0.3 is 10.2 Å². The number of aliphatic hydroxyl groups is 2. The van der Waals surface area contributed by atoms with Gasteiger partial charge in [-0.25, -0.2) is 0 Å². The molecule has 2 rings (SSSR count). The van der Waals surface area contributed by atoms with E-state index < -0.39 is 27.7 Å². The molecule has 4 N–H and O–H groups in total. The van der Waals surface area contributed by atoms with Gasteiger partial charge in [0.25, 0.3) is 0 Å². The minimum absolute atomic E-state index is 0.469. The van der Waals surface area contributed by atoms with Crippen LogP contribution in [0.15, 0.2) is 60.7 Å². The first kappa shape index (κ1) is 18.5. The van der Waals surface area contributed by atoms with E-state index in [0.717, 1.165) is 0 Å². The van der Waals surface area contributed by atoms with E-state index in [-0.39, 0.29) is 0 Å². The van der Waals surface area contributed by atoms with Crippen LogP contribution < -0.4 is 0 Å². The van der Waals surface area contributed by atoms with Crippen molar-refractivity contribution in [2.45, 2.75) is 11.7 Å². The highest BCUT2D eigenvalue weighted by atomic mass is 31.1. The van der Waals surface area contributed by atoms with E-state index in [1.54, 1.807) is 60.7 Å². The fourth-order valence-corrected chi connectivity index (χ4v) is 2.36. The number of benzene rings is 2. The highest BCUT2D eigenvalue weighted by molar-refractivity contribution is 7.38. The van der Waals surface area contributed by atoms with E-state index in [9.17, 15) is 9.13 Å². The van der Waals surface area contributed by atoms with Crippen molar-refractivity contribution >= 4 is 16.1 Å². The van der Waals surface area contributed by atoms with Crippen LogP contribution in [0, 0.1) is 0 Å². The molecule has 0 bridgehead atoms. The van der Waals surface area contributed by atoms with E-state index in [1.807, 2.05) is 0 Å². The Morgan fingerprint density at radius 1 is 0.636 bits per heavy atom. The monoisotopic (exact) mass is 342 g/mol. The first-order valence-electron chi connectivity index (χ1n) is 6.20. The Labute approximate surface area is 129 Å². The SMILES string of the molecule is O=[P+](O)C(O)c1ccccc1.O=[P+](O)C(O)c1ccccc1. The summed E-state index contributed by atoms with van der Waals surface area (Å²) in [6.45, 7) is 0. The zero-order valence-electron chi connectivity index (χ0n) is 11.4. The molecule has 2 aromatic carbocycles. The summed E-state index contributed by atoms with van der Waals surface area (Å²) in [5.74, 6) is -2.52. The van der Waals surface area contributed by atoms with Gasteiger partial charge in [0, 0.05) is 11.1 Å². The average molecular weight is 342 g/mol. The highest BCUT2D eigenvalue weighted by Gasteiger charge is 2.27. The van der Waals surface area contributed by atoms with Crippen LogP contribution in [-0.2, 0) is 9.13 Å². The summed E-state index contributed by atoms with van der Waals surface area (Å²) >= 11 is 0. The van der Waals surface area contributed by atoms with Crippen molar-refractivity contribution in [3.63, 3.8) is 0 Å². The predicted octanol–water partition coefficient (Wildman–Crippen LogP) is 2.82. The lowest BCUT2D eigenvalue weighted by Gasteiger charge is -1.94. The predicted molar refractivity (Wildman–Crippen MR) is 82.5 cm³/mol. The molecule has 0 saturated carbocycles. The summed E-state index contributed by atoms with van der Waals surface area (Å²) in [6, 6.07) is 16.8. The number of rotatable bonds is 4. The molecule has 4 atom stereocenters. The van der Waals surface area contributed by atoms with Crippen molar-refractivity contribution in [3.05, 3.63) is 71.8 Å². The molecule has 4 unspecified atom stereocenters. The molecular formula is C14H16O6P2+2. The Morgan fingerprint density at radius 3 is 1.14 bits per heavy atom. The Hall–Kier alpha value is -1.52. The molecule has 116 valence electrons. The third-order valence-electron chi connectivity index (χ3n) is 2.61. The quantitative estimate of drug-likeness (QED) is 0.635. The van der Waals surface area contributed by atoms with Crippen molar-refractivity contribution in [2.24, 2.45) is 0 Å². The second-order valence-electron chi connectivity index (χ2n) is 4.17. The summed E-state index contributed by atoms with van der Waals surface area (Å²) in [7, 11) is -5.06. The van der Waals surface area contributed by atoms with Crippen molar-refractivity contribution in [2.75, 3.05) is 0 Å². The summed E-state index contributed by atoms with van der Waals surface area (Å²) in [5.41, 5.74) is 0.937. The largest absolute Gasteiger partial charge is 0.542 e. The van der Waals surface area contributed by atoms with E-state index in [4.69, 9.17) is 20.0 Å². The Balaban J connectivity index is 0.000000220. The van der Waals surface area contributed by atoms with Crippen LogP contribution >= 0.6 is 16.1 Å². The lowest BCUT2D eigenvalue weighted by molar-refractivity contribution is 0.243. The highest BCUT2D eigenvalue weighted by Crippen LogP contribution is 2.34. The van der Waals surface area contributed by atoms with E-state index >= 15 is 0 Å². The lowest BCUT2D eigenvalue weighted by atomic mass is 10.2. The van der Waals surface area contributed by atoms with Crippen LogP contribution in [-0.4, -0.2) is 20.0 Å². The molecule has 22 heavy (non-hydrogen) atoms. The van der Waals surface area contributed by atoms with Crippen LogP contribution in [0.3, 0.4) is 0 Å². The lowest BCUT2D eigenvalue weighted by Crippen LogP contribution is -1.89. The fourth-order valence-electron chi connectivity index (χ4n) is 1.51. The number of hydrogen-bond acceptors (Lipinski definition) is 4. The normalized spacial score (nSPS) is 14.2. The Bertz CT molecular complexity index is 550. The molecule has 0 spiro atoms. The summed E-state index contributed by atoms with van der Waals surface area (Å²) in [5, 5.41) is 18.1. The topological polar surface area (TPSA) is 115 Å². The van der Waals surface area contributed by atoms with Gasteiger partial charge in [-0.2, -0.15) is 9.79 Å². The summed E-state index contributed by atoms with van der Waals surface area (Å²) in [6.07, 6.45) is 0. The van der Waals surface area contributed by atoms with Crippen LogP contribution in [0.2, 0.25) is 0 Å². The van der Waals surface area contributed by atoms with Gasteiger partial charge in [-0.3, -0.25) is 0 Å². The van der Waals surface area contributed by atoms with Gasteiger partial charge in [-0.15, -0.1) is 0 Å². The zero-order valence-corrected chi connectivity index (χ0v) is 13.2. The number of hydrogen-bond donors (Lipinski definition) is 4. The molecule has 0 aromatic heterocycles. The van der Waals surface area contributed by atoms with Crippen LogP contribution in [0.4, 0.5) is 0 Å². The van der Waals surface area contributed by atoms with Crippen molar-refractivity contribution in [1.29, 1.82) is 0 Å². The maximum Gasteiger partial charge on any atom is 0.542 e. The maximum absolute atomic E-state index is 10.4. The van der Waals surface area contributed by atoms with Gasteiger partial charge in [0.15, 0.2) is 0 Å². The Kier molecular flexibility index (Phi) is 7.99. The minimum Gasteiger partial charge on any atom is -0.345 e. The smallest absolute Gasteiger partial charge is 0.345 e. The van der Waals surface area contributed by atoms with Gasteiger partial charge in [0.1, 0.15) is 0 Å². The van der Waals surface area contributed by atoms with Crippen LogP contribution in [0.5, 0.6) is 0 Å².